The van der Waals surface area contributed by atoms with Crippen LogP contribution in [0.2, 0.25) is 0 Å². The maximum Gasteiger partial charge on any atom is 0.379 e. The third-order valence-electron chi connectivity index (χ3n) is 3.97. The van der Waals surface area contributed by atoms with Crippen molar-refractivity contribution in [1.29, 1.82) is 0 Å². The van der Waals surface area contributed by atoms with E-state index in [-0.39, 0.29) is 23.7 Å². The standard InChI is InChI=1S/C15H24O4/c1-5-19-14(18)12(17)9-11(16)13-10(2)7-6-8-15(13,3)4/h9-10,13,16H,5-8H2,1-4H3/b11-9-. The van der Waals surface area contributed by atoms with E-state index in [1.165, 1.54) is 0 Å². The number of esters is 1. The maximum atomic E-state index is 11.6. The smallest absolute Gasteiger partial charge is 0.379 e. The van der Waals surface area contributed by atoms with Gasteiger partial charge < -0.3 is 9.84 Å². The molecule has 0 bridgehead atoms. The van der Waals surface area contributed by atoms with Crippen molar-refractivity contribution in [3.8, 4) is 0 Å². The monoisotopic (exact) mass is 268 g/mol. The number of ketones is 1. The summed E-state index contributed by atoms with van der Waals surface area (Å²) < 4.78 is 4.63. The van der Waals surface area contributed by atoms with Crippen LogP contribution in [0.5, 0.6) is 0 Å². The van der Waals surface area contributed by atoms with E-state index in [0.717, 1.165) is 25.3 Å². The van der Waals surface area contributed by atoms with Crippen molar-refractivity contribution in [2.24, 2.45) is 17.3 Å². The molecule has 4 heteroatoms. The number of allylic oxidation sites excluding steroid dienone is 1. The molecule has 0 aliphatic heterocycles. The van der Waals surface area contributed by atoms with Crippen molar-refractivity contribution >= 4 is 11.8 Å². The first-order valence-electron chi connectivity index (χ1n) is 6.91. The van der Waals surface area contributed by atoms with Crippen LogP contribution in [0.15, 0.2) is 11.8 Å². The topological polar surface area (TPSA) is 63.6 Å². The Hall–Kier alpha value is -1.32. The summed E-state index contributed by atoms with van der Waals surface area (Å²) in [5.41, 5.74) is -0.0623. The van der Waals surface area contributed by atoms with E-state index in [9.17, 15) is 14.7 Å². The quantitative estimate of drug-likeness (QED) is 0.368. The number of hydrogen-bond donors (Lipinski definition) is 1. The summed E-state index contributed by atoms with van der Waals surface area (Å²) in [5.74, 6) is -1.46. The Labute approximate surface area is 114 Å². The van der Waals surface area contributed by atoms with E-state index in [1.807, 2.05) is 0 Å². The molecule has 1 saturated carbocycles. The van der Waals surface area contributed by atoms with Gasteiger partial charge in [0.1, 0.15) is 5.76 Å². The molecule has 1 aliphatic rings. The minimum absolute atomic E-state index is 0.00949. The van der Waals surface area contributed by atoms with Gasteiger partial charge >= 0.3 is 5.97 Å². The summed E-state index contributed by atoms with van der Waals surface area (Å²) in [5, 5.41) is 10.2. The van der Waals surface area contributed by atoms with E-state index in [1.54, 1.807) is 6.92 Å². The second-order valence-corrected chi connectivity index (χ2v) is 5.99. The minimum Gasteiger partial charge on any atom is -0.512 e. The number of aliphatic hydroxyl groups is 1. The lowest BCUT2D eigenvalue weighted by molar-refractivity contribution is -0.151. The molecule has 2 atom stereocenters. The molecule has 1 rings (SSSR count). The number of ether oxygens (including phenoxy) is 1. The normalized spacial score (nSPS) is 26.8. The fourth-order valence-electron chi connectivity index (χ4n) is 3.15. The molecular weight excluding hydrogens is 244 g/mol. The summed E-state index contributed by atoms with van der Waals surface area (Å²) in [7, 11) is 0. The van der Waals surface area contributed by atoms with Crippen molar-refractivity contribution in [3.63, 3.8) is 0 Å². The van der Waals surface area contributed by atoms with Crippen LogP contribution in [-0.2, 0) is 14.3 Å². The summed E-state index contributed by atoms with van der Waals surface area (Å²) in [4.78, 5) is 22.9. The molecule has 0 spiro atoms. The molecule has 2 unspecified atom stereocenters. The largest absolute Gasteiger partial charge is 0.512 e. The van der Waals surface area contributed by atoms with Crippen LogP contribution >= 0.6 is 0 Å². The van der Waals surface area contributed by atoms with Crippen LogP contribution < -0.4 is 0 Å². The van der Waals surface area contributed by atoms with Crippen molar-refractivity contribution in [2.75, 3.05) is 6.61 Å². The molecule has 4 nitrogen and oxygen atoms in total. The highest BCUT2D eigenvalue weighted by molar-refractivity contribution is 6.38. The van der Waals surface area contributed by atoms with Gasteiger partial charge in [-0.2, -0.15) is 0 Å². The van der Waals surface area contributed by atoms with Crippen LogP contribution in [0.3, 0.4) is 0 Å². The van der Waals surface area contributed by atoms with Crippen LogP contribution in [0.25, 0.3) is 0 Å². The predicted molar refractivity (Wildman–Crippen MR) is 72.6 cm³/mol. The Morgan fingerprint density at radius 2 is 2.05 bits per heavy atom. The lowest BCUT2D eigenvalue weighted by atomic mass is 9.63. The third-order valence-corrected chi connectivity index (χ3v) is 3.97. The molecule has 19 heavy (non-hydrogen) atoms. The van der Waals surface area contributed by atoms with Crippen molar-refractivity contribution in [1.82, 2.24) is 0 Å². The Morgan fingerprint density at radius 3 is 2.58 bits per heavy atom. The summed E-state index contributed by atoms with van der Waals surface area (Å²) in [6.07, 6.45) is 4.20. The van der Waals surface area contributed by atoms with Crippen LogP contribution in [0.4, 0.5) is 0 Å². The second kappa shape index (κ2) is 6.22. The Kier molecular flexibility index (Phi) is 5.15. The van der Waals surface area contributed by atoms with Crippen molar-refractivity contribution in [3.05, 3.63) is 11.8 Å². The zero-order valence-electron chi connectivity index (χ0n) is 12.2. The predicted octanol–water partition coefficient (Wildman–Crippen LogP) is 3.02. The summed E-state index contributed by atoms with van der Waals surface area (Å²) in [6, 6.07) is 0. The highest BCUT2D eigenvalue weighted by atomic mass is 16.5. The van der Waals surface area contributed by atoms with Gasteiger partial charge in [0.25, 0.3) is 5.78 Å². The molecule has 108 valence electrons. The SMILES string of the molecule is CCOC(=O)C(=O)/C=C(\O)C1C(C)CCCC1(C)C. The number of carbonyl (C=O) groups excluding carboxylic acids is 2. The van der Waals surface area contributed by atoms with E-state index >= 15 is 0 Å². The van der Waals surface area contributed by atoms with E-state index in [0.29, 0.717) is 5.92 Å². The first-order chi connectivity index (χ1) is 8.79. The molecule has 0 heterocycles. The number of aliphatic hydroxyl groups excluding tert-OH is 1. The van der Waals surface area contributed by atoms with Gasteiger partial charge in [-0.1, -0.05) is 27.2 Å². The molecule has 0 aromatic carbocycles. The number of carbonyl (C=O) groups is 2. The summed E-state index contributed by atoms with van der Waals surface area (Å²) in [6.45, 7) is 8.05. The Bertz CT molecular complexity index is 382. The first kappa shape index (κ1) is 15.7. The van der Waals surface area contributed by atoms with Crippen molar-refractivity contribution < 1.29 is 19.4 Å². The number of hydrogen-bond acceptors (Lipinski definition) is 4. The van der Waals surface area contributed by atoms with E-state index in [2.05, 4.69) is 25.5 Å². The van der Waals surface area contributed by atoms with Crippen LogP contribution in [0.1, 0.15) is 47.0 Å². The zero-order chi connectivity index (χ0) is 14.6. The molecular formula is C15H24O4. The van der Waals surface area contributed by atoms with Crippen LogP contribution in [0, 0.1) is 17.3 Å². The second-order valence-electron chi connectivity index (χ2n) is 5.99. The highest BCUT2D eigenvalue weighted by Gasteiger charge is 2.39. The van der Waals surface area contributed by atoms with Gasteiger partial charge in [0.2, 0.25) is 0 Å². The molecule has 0 radical (unpaired) electrons. The van der Waals surface area contributed by atoms with E-state index < -0.39 is 11.8 Å². The lowest BCUT2D eigenvalue weighted by Gasteiger charge is -2.42. The fourth-order valence-corrected chi connectivity index (χ4v) is 3.15. The van der Waals surface area contributed by atoms with Gasteiger partial charge in [-0.3, -0.25) is 4.79 Å². The summed E-state index contributed by atoms with van der Waals surface area (Å²) >= 11 is 0. The van der Waals surface area contributed by atoms with Gasteiger partial charge in [0, 0.05) is 12.0 Å². The molecule has 1 aliphatic carbocycles. The fraction of sp³-hybridized carbons (Fsp3) is 0.733. The lowest BCUT2D eigenvalue weighted by Crippen LogP contribution is -2.35. The molecule has 0 amide bonds. The van der Waals surface area contributed by atoms with Gasteiger partial charge in [-0.05, 0) is 31.1 Å². The van der Waals surface area contributed by atoms with Crippen LogP contribution in [-0.4, -0.2) is 23.5 Å². The molecule has 0 aromatic heterocycles. The molecule has 0 saturated heterocycles. The van der Waals surface area contributed by atoms with E-state index in [4.69, 9.17) is 0 Å². The van der Waals surface area contributed by atoms with Crippen molar-refractivity contribution in [2.45, 2.75) is 47.0 Å². The average molecular weight is 268 g/mol. The number of rotatable bonds is 4. The third kappa shape index (κ3) is 3.82. The van der Waals surface area contributed by atoms with Gasteiger partial charge in [0.15, 0.2) is 0 Å². The average Bonchev–Trinajstić information content (AvgIpc) is 2.27. The Morgan fingerprint density at radius 1 is 1.42 bits per heavy atom. The molecule has 1 N–H and O–H groups in total. The van der Waals surface area contributed by atoms with Gasteiger partial charge in [-0.15, -0.1) is 0 Å². The first-order valence-corrected chi connectivity index (χ1v) is 6.91. The maximum absolute atomic E-state index is 11.6. The molecule has 1 fully saturated rings. The highest BCUT2D eigenvalue weighted by Crippen LogP contribution is 2.46. The molecule has 0 aromatic rings. The van der Waals surface area contributed by atoms with Gasteiger partial charge in [-0.25, -0.2) is 4.79 Å². The zero-order valence-corrected chi connectivity index (χ0v) is 12.2. The Balaban J connectivity index is 2.87. The van der Waals surface area contributed by atoms with Gasteiger partial charge in [0.05, 0.1) is 6.61 Å². The minimum atomic E-state index is -0.907.